The molecule has 0 spiro atoms. The molecule has 0 saturated carbocycles. The second kappa shape index (κ2) is 16.0. The van der Waals surface area contributed by atoms with Gasteiger partial charge < -0.3 is 9.32 Å². The van der Waals surface area contributed by atoms with Crippen molar-refractivity contribution in [3.05, 3.63) is 248 Å². The predicted molar refractivity (Wildman–Crippen MR) is 271 cm³/mol. The largest absolute Gasteiger partial charge is 0.456 e. The van der Waals surface area contributed by atoms with Gasteiger partial charge in [0.1, 0.15) is 17.0 Å². The summed E-state index contributed by atoms with van der Waals surface area (Å²) in [6, 6.07) is 84.8. The van der Waals surface area contributed by atoms with Gasteiger partial charge in [0.05, 0.1) is 5.69 Å². The first-order valence-corrected chi connectivity index (χ1v) is 22.0. The van der Waals surface area contributed by atoms with Crippen LogP contribution in [0.2, 0.25) is 0 Å². The summed E-state index contributed by atoms with van der Waals surface area (Å²) in [6.07, 6.45) is 0. The lowest BCUT2D eigenvalue weighted by atomic mass is 9.85. The van der Waals surface area contributed by atoms with Crippen LogP contribution in [0.5, 0.6) is 0 Å². The van der Waals surface area contributed by atoms with Crippen molar-refractivity contribution in [2.45, 2.75) is 0 Å². The van der Waals surface area contributed by atoms with Crippen molar-refractivity contribution in [3.8, 4) is 55.6 Å². The van der Waals surface area contributed by atoms with Crippen LogP contribution < -0.4 is 4.90 Å². The van der Waals surface area contributed by atoms with Crippen LogP contribution in [0, 0.1) is 5.82 Å². The highest BCUT2D eigenvalue weighted by Crippen LogP contribution is 2.50. The van der Waals surface area contributed by atoms with E-state index in [-0.39, 0.29) is 5.82 Å². The lowest BCUT2D eigenvalue weighted by Crippen LogP contribution is -2.12. The molecule has 0 N–H and O–H groups in total. The van der Waals surface area contributed by atoms with E-state index < -0.39 is 0 Å². The van der Waals surface area contributed by atoms with E-state index in [0.717, 1.165) is 77.8 Å². The fourth-order valence-corrected chi connectivity index (χ4v) is 9.75. The lowest BCUT2D eigenvalue weighted by molar-refractivity contribution is 0.628. The Labute approximate surface area is 376 Å². The van der Waals surface area contributed by atoms with Crippen LogP contribution in [0.15, 0.2) is 247 Å². The van der Waals surface area contributed by atoms with Crippen molar-refractivity contribution in [2.75, 3.05) is 4.90 Å². The maximum absolute atomic E-state index is 14.0. The molecule has 0 aliphatic heterocycles. The molecule has 0 amide bonds. The Morgan fingerprint density at radius 3 is 1.40 bits per heavy atom. The van der Waals surface area contributed by atoms with E-state index in [1.54, 1.807) is 0 Å². The highest BCUT2D eigenvalue weighted by Gasteiger charge is 2.25. The Bertz CT molecular complexity index is 3710. The lowest BCUT2D eigenvalue weighted by Gasteiger charge is -2.30. The standard InChI is InChI=1S/C62H40FNO/c63-45-30-26-41(27-31-45)42-28-32-46(33-29-42)64(47-34-35-56-55-22-11-12-25-60(55)65-61(56)40-47)59-24-13-23-57(54-38-36-48(43-14-3-1-4-15-43)50-18-7-9-20-52(50)54)62(59)58-39-37-49(44-16-5-2-6-17-44)51-19-8-10-21-53(51)58/h1-40H. The zero-order chi connectivity index (χ0) is 43.3. The summed E-state index contributed by atoms with van der Waals surface area (Å²) in [5, 5.41) is 6.86. The Morgan fingerprint density at radius 2 is 0.769 bits per heavy atom. The van der Waals surface area contributed by atoms with Crippen molar-refractivity contribution < 1.29 is 8.81 Å². The van der Waals surface area contributed by atoms with Gasteiger partial charge in [-0.1, -0.05) is 188 Å². The summed E-state index contributed by atoms with van der Waals surface area (Å²) in [6.45, 7) is 0. The molecule has 3 heteroatoms. The Balaban J connectivity index is 1.15. The third-order valence-electron chi connectivity index (χ3n) is 12.8. The number of hydrogen-bond donors (Lipinski definition) is 0. The first kappa shape index (κ1) is 38.2. The molecule has 65 heavy (non-hydrogen) atoms. The molecular weight excluding hydrogens is 794 g/mol. The fraction of sp³-hybridized carbons (Fsp3) is 0. The Hall–Kier alpha value is -8.53. The number of halogens is 1. The quantitative estimate of drug-likeness (QED) is 0.152. The average molecular weight is 834 g/mol. The minimum Gasteiger partial charge on any atom is -0.456 e. The Kier molecular flexibility index (Phi) is 9.39. The summed E-state index contributed by atoms with van der Waals surface area (Å²) in [7, 11) is 0. The topological polar surface area (TPSA) is 16.4 Å². The molecule has 0 atom stereocenters. The zero-order valence-corrected chi connectivity index (χ0v) is 35.3. The Morgan fingerprint density at radius 1 is 0.292 bits per heavy atom. The monoisotopic (exact) mass is 833 g/mol. The van der Waals surface area contributed by atoms with Crippen LogP contribution in [0.4, 0.5) is 21.5 Å². The van der Waals surface area contributed by atoms with Gasteiger partial charge in [-0.3, -0.25) is 0 Å². The zero-order valence-electron chi connectivity index (χ0n) is 35.3. The minimum absolute atomic E-state index is 0.253. The van der Waals surface area contributed by atoms with Gasteiger partial charge in [0, 0.05) is 33.8 Å². The van der Waals surface area contributed by atoms with E-state index in [0.29, 0.717) is 0 Å². The number of furan rings is 1. The van der Waals surface area contributed by atoms with Gasteiger partial charge in [-0.15, -0.1) is 0 Å². The summed E-state index contributed by atoms with van der Waals surface area (Å²) in [5.74, 6) is -0.253. The molecule has 0 fully saturated rings. The van der Waals surface area contributed by atoms with Crippen LogP contribution in [0.3, 0.4) is 0 Å². The fourth-order valence-electron chi connectivity index (χ4n) is 9.75. The van der Waals surface area contributed by atoms with Crippen LogP contribution in [-0.4, -0.2) is 0 Å². The molecule has 0 radical (unpaired) electrons. The summed E-state index contributed by atoms with van der Waals surface area (Å²) in [4.78, 5) is 2.36. The van der Waals surface area contributed by atoms with Crippen molar-refractivity contribution in [2.24, 2.45) is 0 Å². The minimum atomic E-state index is -0.253. The molecule has 0 bridgehead atoms. The smallest absolute Gasteiger partial charge is 0.137 e. The highest BCUT2D eigenvalue weighted by atomic mass is 19.1. The molecule has 0 aliphatic carbocycles. The van der Waals surface area contributed by atoms with Gasteiger partial charge in [-0.25, -0.2) is 4.39 Å². The van der Waals surface area contributed by atoms with Gasteiger partial charge >= 0.3 is 0 Å². The van der Waals surface area contributed by atoms with Crippen LogP contribution in [0.25, 0.3) is 99.1 Å². The van der Waals surface area contributed by atoms with E-state index in [9.17, 15) is 4.39 Å². The molecule has 12 aromatic rings. The van der Waals surface area contributed by atoms with E-state index in [1.807, 2.05) is 24.3 Å². The van der Waals surface area contributed by atoms with Crippen molar-refractivity contribution in [1.29, 1.82) is 0 Å². The maximum atomic E-state index is 14.0. The molecule has 1 heterocycles. The van der Waals surface area contributed by atoms with E-state index in [4.69, 9.17) is 4.42 Å². The highest BCUT2D eigenvalue weighted by molar-refractivity contribution is 6.14. The number of nitrogens with zero attached hydrogens (tertiary/aromatic N) is 1. The van der Waals surface area contributed by atoms with Gasteiger partial charge in [-0.2, -0.15) is 0 Å². The van der Waals surface area contributed by atoms with Crippen molar-refractivity contribution in [1.82, 2.24) is 0 Å². The number of hydrogen-bond acceptors (Lipinski definition) is 2. The van der Waals surface area contributed by atoms with Gasteiger partial charge in [-0.05, 0) is 120 Å². The predicted octanol–water partition coefficient (Wildman–Crippen LogP) is 17.8. The molecule has 0 aliphatic rings. The van der Waals surface area contributed by atoms with E-state index >= 15 is 0 Å². The third-order valence-corrected chi connectivity index (χ3v) is 12.8. The van der Waals surface area contributed by atoms with Crippen LogP contribution in [-0.2, 0) is 0 Å². The van der Waals surface area contributed by atoms with Crippen LogP contribution in [0.1, 0.15) is 0 Å². The van der Waals surface area contributed by atoms with Crippen molar-refractivity contribution >= 4 is 60.5 Å². The summed E-state index contributed by atoms with van der Waals surface area (Å²) < 4.78 is 20.6. The molecule has 0 saturated heterocycles. The van der Waals surface area contributed by atoms with Crippen molar-refractivity contribution in [3.63, 3.8) is 0 Å². The summed E-state index contributed by atoms with van der Waals surface area (Å²) in [5.41, 5.74) is 15.8. The average Bonchev–Trinajstić information content (AvgIpc) is 3.75. The second-order valence-corrected chi connectivity index (χ2v) is 16.5. The number of anilines is 3. The first-order chi connectivity index (χ1) is 32.2. The SMILES string of the molecule is Fc1ccc(-c2ccc(N(c3ccc4c(c3)oc3ccccc34)c3cccc(-c4ccc(-c5ccccc5)c5ccccc45)c3-c3ccc(-c4ccccc4)c4ccccc34)cc2)cc1. The maximum Gasteiger partial charge on any atom is 0.137 e. The second-order valence-electron chi connectivity index (χ2n) is 16.5. The number of rotatable bonds is 8. The van der Waals surface area contributed by atoms with E-state index in [1.165, 1.54) is 50.5 Å². The molecule has 2 nitrogen and oxygen atoms in total. The number of fused-ring (bicyclic) bond motifs is 5. The molecule has 306 valence electrons. The molecule has 12 rings (SSSR count). The van der Waals surface area contributed by atoms with Crippen LogP contribution >= 0.6 is 0 Å². The molecule has 0 unspecified atom stereocenters. The third kappa shape index (κ3) is 6.73. The van der Waals surface area contributed by atoms with Gasteiger partial charge in [0.2, 0.25) is 0 Å². The summed E-state index contributed by atoms with van der Waals surface area (Å²) >= 11 is 0. The van der Waals surface area contributed by atoms with E-state index in [2.05, 4.69) is 211 Å². The normalized spacial score (nSPS) is 11.5. The van der Waals surface area contributed by atoms with Gasteiger partial charge in [0.25, 0.3) is 0 Å². The first-order valence-electron chi connectivity index (χ1n) is 22.0. The molecule has 11 aromatic carbocycles. The molecule has 1 aromatic heterocycles. The number of benzene rings is 11. The molecular formula is C62H40FNO. The van der Waals surface area contributed by atoms with Gasteiger partial charge in [0.15, 0.2) is 0 Å². The number of para-hydroxylation sites is 1.